The summed E-state index contributed by atoms with van der Waals surface area (Å²) in [6, 6.07) is 5.31. The number of amides is 1. The predicted octanol–water partition coefficient (Wildman–Crippen LogP) is 2.83. The van der Waals surface area contributed by atoms with Gasteiger partial charge in [0.1, 0.15) is 5.82 Å². The summed E-state index contributed by atoms with van der Waals surface area (Å²) >= 11 is 0. The van der Waals surface area contributed by atoms with Crippen molar-refractivity contribution in [2.24, 2.45) is 0 Å². The predicted molar refractivity (Wildman–Crippen MR) is 74.5 cm³/mol. The lowest BCUT2D eigenvalue weighted by Crippen LogP contribution is -2.29. The van der Waals surface area contributed by atoms with Crippen LogP contribution in [0.15, 0.2) is 48.6 Å². The Bertz CT molecular complexity index is 520. The standard InChI is InChI=1S/C15H16FNO3/c1-3-4-5-6-14(18)20-11(2)15(19)17-13-9-7-12(16)8-10-13/h3-11H,1-2H3,(H,17,19)/b4-3+,6-5+. The SMILES string of the molecule is C/C=C/C=C/C(=O)OC(C)C(=O)Nc1ccc(F)cc1. The molecular weight excluding hydrogens is 261 g/mol. The van der Waals surface area contributed by atoms with E-state index >= 15 is 0 Å². The van der Waals surface area contributed by atoms with Gasteiger partial charge >= 0.3 is 5.97 Å². The minimum atomic E-state index is -0.942. The fourth-order valence-corrected chi connectivity index (χ4v) is 1.29. The highest BCUT2D eigenvalue weighted by atomic mass is 19.1. The summed E-state index contributed by atoms with van der Waals surface area (Å²) in [6.45, 7) is 3.27. The molecular formula is C15H16FNO3. The lowest BCUT2D eigenvalue weighted by atomic mass is 10.3. The second kappa shape index (κ2) is 7.89. The third-order valence-electron chi connectivity index (χ3n) is 2.31. The fraction of sp³-hybridized carbons (Fsp3) is 0.200. The molecule has 1 rings (SSSR count). The number of nitrogens with one attached hydrogen (secondary N) is 1. The largest absolute Gasteiger partial charge is 0.449 e. The van der Waals surface area contributed by atoms with E-state index in [1.54, 1.807) is 12.2 Å². The van der Waals surface area contributed by atoms with Gasteiger partial charge in [0.05, 0.1) is 0 Å². The third-order valence-corrected chi connectivity index (χ3v) is 2.31. The van der Waals surface area contributed by atoms with E-state index in [0.717, 1.165) is 0 Å². The number of carbonyl (C=O) groups excluding carboxylic acids is 2. The summed E-state index contributed by atoms with van der Waals surface area (Å²) < 4.78 is 17.6. The molecule has 0 fully saturated rings. The van der Waals surface area contributed by atoms with Gasteiger partial charge in [-0.15, -0.1) is 0 Å². The van der Waals surface area contributed by atoms with E-state index in [9.17, 15) is 14.0 Å². The zero-order chi connectivity index (χ0) is 15.0. The second-order valence-electron chi connectivity index (χ2n) is 3.96. The molecule has 0 heterocycles. The number of hydrogen-bond donors (Lipinski definition) is 1. The Balaban J connectivity index is 2.50. The van der Waals surface area contributed by atoms with Crippen molar-refractivity contribution < 1.29 is 18.7 Å². The molecule has 1 amide bonds. The van der Waals surface area contributed by atoms with Crippen LogP contribution < -0.4 is 5.32 Å². The van der Waals surface area contributed by atoms with E-state index in [-0.39, 0.29) is 0 Å². The molecule has 1 unspecified atom stereocenters. The van der Waals surface area contributed by atoms with E-state index in [1.807, 2.05) is 6.92 Å². The molecule has 1 atom stereocenters. The first-order valence-electron chi connectivity index (χ1n) is 6.09. The minimum absolute atomic E-state index is 0.392. The molecule has 0 saturated heterocycles. The normalized spacial score (nSPS) is 12.6. The first-order chi connectivity index (χ1) is 9.52. The van der Waals surface area contributed by atoms with Crippen molar-refractivity contribution in [3.63, 3.8) is 0 Å². The number of allylic oxidation sites excluding steroid dienone is 3. The number of anilines is 1. The summed E-state index contributed by atoms with van der Waals surface area (Å²) in [6.07, 6.45) is 5.23. The fourth-order valence-electron chi connectivity index (χ4n) is 1.29. The summed E-state index contributed by atoms with van der Waals surface area (Å²) in [5.41, 5.74) is 0.434. The van der Waals surface area contributed by atoms with Crippen LogP contribution in [0, 0.1) is 5.82 Å². The highest BCUT2D eigenvalue weighted by Crippen LogP contribution is 2.09. The van der Waals surface area contributed by atoms with Gasteiger partial charge in [0.15, 0.2) is 6.10 Å². The van der Waals surface area contributed by atoms with Crippen molar-refractivity contribution in [2.45, 2.75) is 20.0 Å². The average Bonchev–Trinajstić information content (AvgIpc) is 2.41. The highest BCUT2D eigenvalue weighted by Gasteiger charge is 2.16. The summed E-state index contributed by atoms with van der Waals surface area (Å²) in [5.74, 6) is -1.48. The molecule has 0 saturated carbocycles. The van der Waals surface area contributed by atoms with Crippen LogP contribution in [0.3, 0.4) is 0 Å². The van der Waals surface area contributed by atoms with E-state index < -0.39 is 23.8 Å². The van der Waals surface area contributed by atoms with Gasteiger partial charge in [0.25, 0.3) is 5.91 Å². The summed E-state index contributed by atoms with van der Waals surface area (Å²) in [7, 11) is 0. The van der Waals surface area contributed by atoms with Crippen LogP contribution >= 0.6 is 0 Å². The van der Waals surface area contributed by atoms with Crippen molar-refractivity contribution >= 4 is 17.6 Å². The van der Waals surface area contributed by atoms with Crippen molar-refractivity contribution in [1.29, 1.82) is 0 Å². The molecule has 20 heavy (non-hydrogen) atoms. The monoisotopic (exact) mass is 277 g/mol. The number of benzene rings is 1. The van der Waals surface area contributed by atoms with Crippen LogP contribution in [0.25, 0.3) is 0 Å². The lowest BCUT2D eigenvalue weighted by Gasteiger charge is -2.12. The van der Waals surface area contributed by atoms with Crippen LogP contribution in [-0.4, -0.2) is 18.0 Å². The number of rotatable bonds is 5. The summed E-state index contributed by atoms with van der Waals surface area (Å²) in [4.78, 5) is 23.1. The molecule has 4 nitrogen and oxygen atoms in total. The first-order valence-corrected chi connectivity index (χ1v) is 6.09. The third kappa shape index (κ3) is 5.48. The Morgan fingerprint density at radius 3 is 2.50 bits per heavy atom. The van der Waals surface area contributed by atoms with Crippen LogP contribution in [0.5, 0.6) is 0 Å². The molecule has 1 N–H and O–H groups in total. The molecule has 0 aliphatic rings. The quantitative estimate of drug-likeness (QED) is 0.511. The van der Waals surface area contributed by atoms with Crippen LogP contribution in [0.2, 0.25) is 0 Å². The summed E-state index contributed by atoms with van der Waals surface area (Å²) in [5, 5.41) is 2.52. The van der Waals surface area contributed by atoms with E-state index in [4.69, 9.17) is 4.74 Å². The molecule has 0 spiro atoms. The van der Waals surface area contributed by atoms with Crippen molar-refractivity contribution in [3.05, 3.63) is 54.4 Å². The molecule has 0 bridgehead atoms. The smallest absolute Gasteiger partial charge is 0.331 e. The molecule has 1 aromatic carbocycles. The Hall–Kier alpha value is -2.43. The molecule has 1 aromatic rings. The molecule has 106 valence electrons. The van der Waals surface area contributed by atoms with Gasteiger partial charge in [0, 0.05) is 11.8 Å². The molecule has 0 aliphatic heterocycles. The van der Waals surface area contributed by atoms with E-state index in [0.29, 0.717) is 5.69 Å². The zero-order valence-corrected chi connectivity index (χ0v) is 11.3. The van der Waals surface area contributed by atoms with Crippen molar-refractivity contribution in [1.82, 2.24) is 0 Å². The van der Waals surface area contributed by atoms with Crippen LogP contribution in [-0.2, 0) is 14.3 Å². The molecule has 0 radical (unpaired) electrons. The number of hydrogen-bond acceptors (Lipinski definition) is 3. The van der Waals surface area contributed by atoms with Gasteiger partial charge in [-0.3, -0.25) is 4.79 Å². The number of carbonyl (C=O) groups is 2. The van der Waals surface area contributed by atoms with Gasteiger partial charge in [-0.05, 0) is 38.1 Å². The van der Waals surface area contributed by atoms with Crippen molar-refractivity contribution in [3.8, 4) is 0 Å². The van der Waals surface area contributed by atoms with Crippen LogP contribution in [0.4, 0.5) is 10.1 Å². The zero-order valence-electron chi connectivity index (χ0n) is 11.3. The van der Waals surface area contributed by atoms with Gasteiger partial charge in [0.2, 0.25) is 0 Å². The topological polar surface area (TPSA) is 55.4 Å². The van der Waals surface area contributed by atoms with Gasteiger partial charge in [-0.2, -0.15) is 0 Å². The first kappa shape index (κ1) is 15.6. The van der Waals surface area contributed by atoms with Gasteiger partial charge in [-0.25, -0.2) is 9.18 Å². The Labute approximate surface area is 116 Å². The number of esters is 1. The average molecular weight is 277 g/mol. The minimum Gasteiger partial charge on any atom is -0.449 e. The number of halogens is 1. The van der Waals surface area contributed by atoms with E-state index in [1.165, 1.54) is 43.3 Å². The Kier molecular flexibility index (Phi) is 6.16. The molecule has 5 heteroatoms. The Morgan fingerprint density at radius 1 is 1.25 bits per heavy atom. The highest BCUT2D eigenvalue weighted by molar-refractivity contribution is 5.95. The molecule has 0 aromatic heterocycles. The second-order valence-corrected chi connectivity index (χ2v) is 3.96. The Morgan fingerprint density at radius 2 is 1.90 bits per heavy atom. The maximum atomic E-state index is 12.7. The lowest BCUT2D eigenvalue weighted by molar-refractivity contribution is -0.148. The molecule has 0 aliphatic carbocycles. The maximum Gasteiger partial charge on any atom is 0.331 e. The van der Waals surface area contributed by atoms with E-state index in [2.05, 4.69) is 5.32 Å². The van der Waals surface area contributed by atoms with Gasteiger partial charge < -0.3 is 10.1 Å². The van der Waals surface area contributed by atoms with Gasteiger partial charge in [-0.1, -0.05) is 18.2 Å². The van der Waals surface area contributed by atoms with Crippen LogP contribution in [0.1, 0.15) is 13.8 Å². The number of ether oxygens (including phenoxy) is 1. The van der Waals surface area contributed by atoms with Crippen molar-refractivity contribution in [2.75, 3.05) is 5.32 Å². The maximum absolute atomic E-state index is 12.7.